The topological polar surface area (TPSA) is 114 Å². The number of nitrogens with zero attached hydrogens (tertiary/aromatic N) is 7. The summed E-state index contributed by atoms with van der Waals surface area (Å²) in [5.74, 6) is 0.891. The summed E-state index contributed by atoms with van der Waals surface area (Å²) in [7, 11) is 0. The molecule has 5 rings (SSSR count). The molecule has 0 bridgehead atoms. The number of carbonyl (C=O) groups is 1. The molecule has 0 saturated heterocycles. The third-order valence-corrected chi connectivity index (χ3v) is 6.33. The Morgan fingerprint density at radius 2 is 2.00 bits per heavy atom. The predicted molar refractivity (Wildman–Crippen MR) is 128 cm³/mol. The van der Waals surface area contributed by atoms with E-state index in [1.54, 1.807) is 6.20 Å². The van der Waals surface area contributed by atoms with Gasteiger partial charge in [-0.1, -0.05) is 5.21 Å². The van der Waals surface area contributed by atoms with Gasteiger partial charge in [-0.3, -0.25) is 4.57 Å². The number of aromatic nitrogens is 6. The number of rotatable bonds is 6. The van der Waals surface area contributed by atoms with Crippen molar-refractivity contribution in [3.05, 3.63) is 48.5 Å². The molecule has 0 amide bonds. The molecule has 1 saturated carbocycles. The lowest BCUT2D eigenvalue weighted by molar-refractivity contribution is -0.112. The molecule has 4 aromatic heterocycles. The fraction of sp³-hybridized carbons (Fsp3) is 0.360. The largest absolute Gasteiger partial charge is 0.382 e. The van der Waals surface area contributed by atoms with Gasteiger partial charge in [0.05, 0.1) is 17.8 Å². The van der Waals surface area contributed by atoms with Crippen molar-refractivity contribution < 1.29 is 4.79 Å². The van der Waals surface area contributed by atoms with Crippen LogP contribution in [0.25, 0.3) is 28.1 Å². The maximum atomic E-state index is 11.1. The molecule has 9 heteroatoms. The van der Waals surface area contributed by atoms with Crippen LogP contribution < -0.4 is 5.32 Å². The molecule has 172 valence electrons. The van der Waals surface area contributed by atoms with Gasteiger partial charge in [0.2, 0.25) is 0 Å². The van der Waals surface area contributed by atoms with Gasteiger partial charge in [-0.05, 0) is 51.7 Å². The van der Waals surface area contributed by atoms with Gasteiger partial charge in [0.25, 0.3) is 0 Å². The summed E-state index contributed by atoms with van der Waals surface area (Å²) >= 11 is 0. The monoisotopic (exact) mass is 454 g/mol. The van der Waals surface area contributed by atoms with Crippen LogP contribution >= 0.6 is 0 Å². The van der Waals surface area contributed by atoms with Gasteiger partial charge in [-0.15, -0.1) is 5.10 Å². The molecule has 34 heavy (non-hydrogen) atoms. The van der Waals surface area contributed by atoms with Crippen LogP contribution in [-0.2, 0) is 4.79 Å². The number of hydrogen-bond acceptors (Lipinski definition) is 7. The Balaban J connectivity index is 1.48. The molecule has 1 aliphatic rings. The van der Waals surface area contributed by atoms with Crippen LogP contribution in [0.1, 0.15) is 51.1 Å². The highest BCUT2D eigenvalue weighted by molar-refractivity contribution is 5.80. The Morgan fingerprint density at radius 1 is 1.18 bits per heavy atom. The number of anilines is 1. The van der Waals surface area contributed by atoms with Crippen molar-refractivity contribution in [1.82, 2.24) is 29.5 Å². The number of fused-ring (bicyclic) bond motifs is 1. The standard InChI is InChI=1S/C25H26N8O/c1-16(2)29-22-10-24(32-8-7-19-9-18(11-26)12-28-25(19)32)27-13-21(22)23-14-33(31-30-23)20-5-3-17(15-34)4-6-20/h7-10,12-17,20H,3-6H2,1-2H3,(H,27,29). The molecule has 0 aliphatic heterocycles. The van der Waals surface area contributed by atoms with Gasteiger partial charge in [0.15, 0.2) is 0 Å². The van der Waals surface area contributed by atoms with E-state index < -0.39 is 0 Å². The molecule has 4 aromatic rings. The zero-order valence-corrected chi connectivity index (χ0v) is 19.2. The van der Waals surface area contributed by atoms with E-state index in [0.717, 1.165) is 65.8 Å². The molecule has 9 nitrogen and oxygen atoms in total. The van der Waals surface area contributed by atoms with Crippen molar-refractivity contribution >= 4 is 23.0 Å². The normalized spacial score (nSPS) is 18.2. The van der Waals surface area contributed by atoms with Crippen molar-refractivity contribution in [2.24, 2.45) is 5.92 Å². The summed E-state index contributed by atoms with van der Waals surface area (Å²) in [6, 6.07) is 8.34. The van der Waals surface area contributed by atoms with Gasteiger partial charge in [-0.2, -0.15) is 5.26 Å². The first-order valence-corrected chi connectivity index (χ1v) is 11.6. The van der Waals surface area contributed by atoms with E-state index in [4.69, 9.17) is 10.2 Å². The maximum Gasteiger partial charge on any atom is 0.145 e. The lowest BCUT2D eigenvalue weighted by atomic mass is 9.87. The minimum absolute atomic E-state index is 0.170. The second-order valence-corrected chi connectivity index (χ2v) is 9.11. The first-order chi connectivity index (χ1) is 16.6. The fourth-order valence-corrected chi connectivity index (χ4v) is 4.56. The molecule has 1 N–H and O–H groups in total. The van der Waals surface area contributed by atoms with Gasteiger partial charge >= 0.3 is 0 Å². The molecule has 0 aromatic carbocycles. The number of nitrogens with one attached hydrogen (secondary N) is 1. The molecule has 0 spiro atoms. The summed E-state index contributed by atoms with van der Waals surface area (Å²) in [4.78, 5) is 20.2. The van der Waals surface area contributed by atoms with Gasteiger partial charge in [0.1, 0.15) is 29.5 Å². The SMILES string of the molecule is CC(C)Nc1cc(-n2ccc3cc(C#N)cnc32)ncc1-c1cn(C2CCC(C=O)CC2)nn1. The lowest BCUT2D eigenvalue weighted by Crippen LogP contribution is -2.19. The van der Waals surface area contributed by atoms with E-state index in [2.05, 4.69) is 40.5 Å². The average Bonchev–Trinajstić information content (AvgIpc) is 3.51. The van der Waals surface area contributed by atoms with Crippen LogP contribution in [0.3, 0.4) is 0 Å². The Labute approximate surface area is 197 Å². The summed E-state index contributed by atoms with van der Waals surface area (Å²) in [6.07, 6.45) is 12.0. The first kappa shape index (κ1) is 21.8. The van der Waals surface area contributed by atoms with Gasteiger partial charge in [-0.25, -0.2) is 14.6 Å². The predicted octanol–water partition coefficient (Wildman–Crippen LogP) is 4.30. The maximum absolute atomic E-state index is 11.1. The molecule has 1 aliphatic carbocycles. The summed E-state index contributed by atoms with van der Waals surface area (Å²) in [5.41, 5.74) is 3.81. The van der Waals surface area contributed by atoms with E-state index >= 15 is 0 Å². The van der Waals surface area contributed by atoms with E-state index in [0.29, 0.717) is 5.56 Å². The minimum Gasteiger partial charge on any atom is -0.382 e. The Kier molecular flexibility index (Phi) is 5.80. The number of aldehydes is 1. The van der Waals surface area contributed by atoms with Crippen LogP contribution in [0, 0.1) is 17.2 Å². The second-order valence-electron chi connectivity index (χ2n) is 9.11. The molecular formula is C25H26N8O. The third kappa shape index (κ3) is 4.15. The summed E-state index contributed by atoms with van der Waals surface area (Å²) in [5, 5.41) is 22.4. The number of nitriles is 1. The van der Waals surface area contributed by atoms with Crippen LogP contribution in [-0.4, -0.2) is 41.9 Å². The minimum atomic E-state index is 0.170. The molecule has 4 heterocycles. The number of hydrogen-bond donors (Lipinski definition) is 1. The number of carbonyl (C=O) groups excluding carboxylic acids is 1. The zero-order chi connectivity index (χ0) is 23.7. The summed E-state index contributed by atoms with van der Waals surface area (Å²) < 4.78 is 3.84. The van der Waals surface area contributed by atoms with Crippen LogP contribution in [0.15, 0.2) is 43.0 Å². The van der Waals surface area contributed by atoms with Crippen molar-refractivity contribution in [2.45, 2.75) is 51.6 Å². The van der Waals surface area contributed by atoms with E-state index in [-0.39, 0.29) is 18.0 Å². The van der Waals surface area contributed by atoms with E-state index in [1.807, 2.05) is 46.0 Å². The van der Waals surface area contributed by atoms with E-state index in [9.17, 15) is 4.79 Å². The molecule has 0 atom stereocenters. The quantitative estimate of drug-likeness (QED) is 0.432. The average molecular weight is 455 g/mol. The smallest absolute Gasteiger partial charge is 0.145 e. The first-order valence-electron chi connectivity index (χ1n) is 11.6. The van der Waals surface area contributed by atoms with Crippen molar-refractivity contribution in [3.63, 3.8) is 0 Å². The number of pyridine rings is 2. The van der Waals surface area contributed by atoms with Gasteiger partial charge in [0, 0.05) is 53.3 Å². The zero-order valence-electron chi connectivity index (χ0n) is 19.2. The Hall–Kier alpha value is -4.06. The summed E-state index contributed by atoms with van der Waals surface area (Å²) in [6.45, 7) is 4.17. The van der Waals surface area contributed by atoms with Crippen molar-refractivity contribution in [2.75, 3.05) is 5.32 Å². The van der Waals surface area contributed by atoms with Crippen molar-refractivity contribution in [3.8, 4) is 23.1 Å². The highest BCUT2D eigenvalue weighted by atomic mass is 16.1. The lowest BCUT2D eigenvalue weighted by Gasteiger charge is -2.24. The Bertz CT molecular complexity index is 1370. The van der Waals surface area contributed by atoms with Crippen LogP contribution in [0.2, 0.25) is 0 Å². The molecular weight excluding hydrogens is 428 g/mol. The van der Waals surface area contributed by atoms with Crippen LogP contribution in [0.5, 0.6) is 0 Å². The van der Waals surface area contributed by atoms with Gasteiger partial charge < -0.3 is 10.1 Å². The highest BCUT2D eigenvalue weighted by Crippen LogP contribution is 2.33. The molecule has 0 radical (unpaired) electrons. The van der Waals surface area contributed by atoms with Crippen LogP contribution in [0.4, 0.5) is 5.69 Å². The van der Waals surface area contributed by atoms with E-state index in [1.165, 1.54) is 0 Å². The Morgan fingerprint density at radius 3 is 2.74 bits per heavy atom. The van der Waals surface area contributed by atoms with Crippen molar-refractivity contribution in [1.29, 1.82) is 5.26 Å². The fourth-order valence-electron chi connectivity index (χ4n) is 4.56. The molecule has 1 fully saturated rings. The highest BCUT2D eigenvalue weighted by Gasteiger charge is 2.23. The third-order valence-electron chi connectivity index (χ3n) is 6.33. The molecule has 0 unspecified atom stereocenters. The second kappa shape index (κ2) is 9.06.